The first-order chi connectivity index (χ1) is 22.3. The number of methoxy groups -OCH3 is 1. The monoisotopic (exact) mass is 660 g/mol. The van der Waals surface area contributed by atoms with Crippen LogP contribution in [0.4, 0.5) is 22.0 Å². The summed E-state index contributed by atoms with van der Waals surface area (Å²) in [6.07, 6.45) is 0.975. The number of anilines is 3. The van der Waals surface area contributed by atoms with E-state index in [4.69, 9.17) is 18.7 Å². The summed E-state index contributed by atoms with van der Waals surface area (Å²) in [7, 11) is 7.03. The maximum atomic E-state index is 13.2. The number of amides is 3. The highest BCUT2D eigenvalue weighted by Crippen LogP contribution is 2.38. The van der Waals surface area contributed by atoms with Crippen molar-refractivity contribution >= 4 is 58.6 Å². The molecule has 2 aromatic heterocycles. The van der Waals surface area contributed by atoms with E-state index in [2.05, 4.69) is 41.6 Å². The van der Waals surface area contributed by atoms with Crippen LogP contribution in [0.25, 0.3) is 11.5 Å². The van der Waals surface area contributed by atoms with E-state index in [0.717, 1.165) is 12.8 Å². The number of aromatic nitrogens is 4. The molecule has 18 heteroatoms. The predicted octanol–water partition coefficient (Wildman–Crippen LogP) is 1.25. The van der Waals surface area contributed by atoms with Crippen molar-refractivity contribution < 1.29 is 33.1 Å². The molecular weight excluding hydrogens is 617 g/mol. The highest BCUT2D eigenvalue weighted by atomic mass is 16.6. The molecule has 0 bridgehead atoms. The second-order valence-electron chi connectivity index (χ2n) is 14.6. The third-order valence-electron chi connectivity index (χ3n) is 6.54. The Labute approximate surface area is 282 Å². The maximum absolute atomic E-state index is 13.2. The number of ether oxygens (including phenoxy) is 3. The molecule has 1 atom stereocenters. The molecule has 0 saturated heterocycles. The summed E-state index contributed by atoms with van der Waals surface area (Å²) in [5, 5.41) is 23.5. The standard InChI is InChI=1S/C30H43B3N8O7/c1-28(2,3)46-14-19(35-27(44)47-29(4,5)6)23-37-26(48-41-23)16-9-8-10-17(22(16)45-7)34-18-13-20(36-24(42)15-11-12-15)39-40-21(18)25(43)38-30(31,32)33/h8-10,13,15,19H,11-12,14,31-33H2,1-7H3,(H,35,44)(H,38,43)(H2,34,36,39,42)/t19-/m1/s1. The quantitative estimate of drug-likeness (QED) is 0.204. The molecule has 2 heterocycles. The van der Waals surface area contributed by atoms with Crippen LogP contribution in [0.15, 0.2) is 28.8 Å². The summed E-state index contributed by atoms with van der Waals surface area (Å²) in [5.41, 5.74) is -0.0683. The van der Waals surface area contributed by atoms with Gasteiger partial charge in [0.1, 0.15) is 35.2 Å². The molecule has 254 valence electrons. The Morgan fingerprint density at radius 1 is 1.02 bits per heavy atom. The second kappa shape index (κ2) is 14.3. The van der Waals surface area contributed by atoms with E-state index in [1.807, 2.05) is 44.3 Å². The first kappa shape index (κ1) is 36.2. The largest absolute Gasteiger partial charge is 0.494 e. The molecule has 1 aliphatic carbocycles. The molecular formula is C30H43B3N8O7. The molecule has 1 saturated carbocycles. The lowest BCUT2D eigenvalue weighted by Crippen LogP contribution is -2.50. The van der Waals surface area contributed by atoms with Crippen molar-refractivity contribution in [1.29, 1.82) is 0 Å². The molecule has 3 amide bonds. The SMILES string of the molecule is BC(B)(B)NC(=O)c1nnc(NC(=O)C2CC2)cc1Nc1cccc(-c2nc([C@@H](COC(C)(C)C)NC(=O)OC(C)(C)C)no2)c1OC. The molecule has 1 aromatic carbocycles. The molecule has 1 aliphatic rings. The van der Waals surface area contributed by atoms with Gasteiger partial charge < -0.3 is 40.0 Å². The highest BCUT2D eigenvalue weighted by Gasteiger charge is 2.31. The van der Waals surface area contributed by atoms with E-state index in [9.17, 15) is 14.4 Å². The predicted molar refractivity (Wildman–Crippen MR) is 187 cm³/mol. The molecule has 48 heavy (non-hydrogen) atoms. The van der Waals surface area contributed by atoms with Crippen LogP contribution in [-0.2, 0) is 14.3 Å². The topological polar surface area (TPSA) is 192 Å². The van der Waals surface area contributed by atoms with Gasteiger partial charge in [-0.1, -0.05) is 11.2 Å². The summed E-state index contributed by atoms with van der Waals surface area (Å²) in [6, 6.07) is 5.95. The summed E-state index contributed by atoms with van der Waals surface area (Å²) >= 11 is 0. The average Bonchev–Trinajstić information content (AvgIpc) is 3.70. The van der Waals surface area contributed by atoms with E-state index in [1.165, 1.54) is 7.11 Å². The molecule has 0 unspecified atom stereocenters. The van der Waals surface area contributed by atoms with Crippen molar-refractivity contribution in [3.8, 4) is 17.2 Å². The van der Waals surface area contributed by atoms with Crippen LogP contribution in [0.5, 0.6) is 5.75 Å². The smallest absolute Gasteiger partial charge is 0.408 e. The number of rotatable bonds is 12. The number of carbonyl (C=O) groups excluding carboxylic acids is 3. The van der Waals surface area contributed by atoms with Gasteiger partial charge in [0.25, 0.3) is 11.8 Å². The van der Waals surface area contributed by atoms with Crippen LogP contribution < -0.4 is 26.0 Å². The Hall–Kier alpha value is -4.60. The molecule has 3 aromatic rings. The Kier molecular flexibility index (Phi) is 10.8. The van der Waals surface area contributed by atoms with Crippen molar-refractivity contribution in [1.82, 2.24) is 31.0 Å². The van der Waals surface area contributed by atoms with E-state index < -0.39 is 34.5 Å². The van der Waals surface area contributed by atoms with Gasteiger partial charge in [0.15, 0.2) is 23.1 Å². The van der Waals surface area contributed by atoms with Gasteiger partial charge in [0.2, 0.25) is 5.91 Å². The minimum Gasteiger partial charge on any atom is -0.494 e. The van der Waals surface area contributed by atoms with Crippen molar-refractivity contribution in [2.75, 3.05) is 24.4 Å². The van der Waals surface area contributed by atoms with Crippen LogP contribution in [0.3, 0.4) is 0 Å². The Bertz CT molecular complexity index is 1650. The van der Waals surface area contributed by atoms with Gasteiger partial charge in [-0.2, -0.15) is 4.98 Å². The summed E-state index contributed by atoms with van der Waals surface area (Å²) in [6.45, 7) is 11.0. The molecule has 1 fully saturated rings. The van der Waals surface area contributed by atoms with E-state index in [1.54, 1.807) is 45.0 Å². The first-order valence-corrected chi connectivity index (χ1v) is 15.7. The minimum absolute atomic E-state index is 0.0109. The fraction of sp³-hybridized carbons (Fsp3) is 0.500. The lowest BCUT2D eigenvalue weighted by molar-refractivity contribution is -0.117. The van der Waals surface area contributed by atoms with Crippen LogP contribution in [-0.4, -0.2) is 91.9 Å². The van der Waals surface area contributed by atoms with Gasteiger partial charge in [-0.05, 0) is 71.8 Å². The molecule has 4 rings (SSSR count). The summed E-state index contributed by atoms with van der Waals surface area (Å²) in [5.74, 6) is 0.111. The number of hydrogen-bond donors (Lipinski definition) is 4. The molecule has 0 spiro atoms. The molecule has 15 nitrogen and oxygen atoms in total. The number of para-hydroxylation sites is 1. The van der Waals surface area contributed by atoms with Crippen LogP contribution in [0.1, 0.15) is 76.7 Å². The van der Waals surface area contributed by atoms with Gasteiger partial charge in [-0.3, -0.25) is 9.59 Å². The number of carbonyl (C=O) groups is 3. The zero-order valence-electron chi connectivity index (χ0n) is 29.2. The third-order valence-corrected chi connectivity index (χ3v) is 6.54. The number of alkyl carbamates (subject to hydrolysis) is 1. The van der Waals surface area contributed by atoms with E-state index in [0.29, 0.717) is 17.0 Å². The Balaban J connectivity index is 1.67. The zero-order chi connectivity index (χ0) is 35.4. The highest BCUT2D eigenvalue weighted by molar-refractivity contribution is 6.60. The van der Waals surface area contributed by atoms with Gasteiger partial charge in [-0.15, -0.1) is 10.2 Å². The third kappa shape index (κ3) is 10.5. The summed E-state index contributed by atoms with van der Waals surface area (Å²) in [4.78, 5) is 42.9. The maximum Gasteiger partial charge on any atom is 0.408 e. The number of hydrogen-bond acceptors (Lipinski definition) is 12. The fourth-order valence-corrected chi connectivity index (χ4v) is 4.31. The van der Waals surface area contributed by atoms with Crippen LogP contribution in [0, 0.1) is 5.92 Å². The number of nitrogens with one attached hydrogen (secondary N) is 4. The number of benzene rings is 1. The molecule has 4 N–H and O–H groups in total. The van der Waals surface area contributed by atoms with Crippen LogP contribution in [0.2, 0.25) is 0 Å². The van der Waals surface area contributed by atoms with Gasteiger partial charge in [0.05, 0.1) is 36.3 Å². The first-order valence-electron chi connectivity index (χ1n) is 15.7. The lowest BCUT2D eigenvalue weighted by Gasteiger charge is -2.25. The summed E-state index contributed by atoms with van der Waals surface area (Å²) < 4.78 is 22.8. The fourth-order valence-electron chi connectivity index (χ4n) is 4.31. The molecule has 0 radical (unpaired) electrons. The number of nitrogens with zero attached hydrogens (tertiary/aromatic N) is 4. The van der Waals surface area contributed by atoms with Crippen LogP contribution >= 0.6 is 0 Å². The minimum atomic E-state index is -0.792. The van der Waals surface area contributed by atoms with Crippen molar-refractivity contribution in [2.24, 2.45) is 5.92 Å². The average molecular weight is 660 g/mol. The van der Waals surface area contributed by atoms with Crippen molar-refractivity contribution in [2.45, 2.75) is 76.9 Å². The van der Waals surface area contributed by atoms with E-state index >= 15 is 0 Å². The zero-order valence-corrected chi connectivity index (χ0v) is 29.2. The lowest BCUT2D eigenvalue weighted by atomic mass is 9.49. The normalized spacial score (nSPS) is 14.1. The van der Waals surface area contributed by atoms with Gasteiger partial charge in [0, 0.05) is 12.0 Å². The van der Waals surface area contributed by atoms with E-state index in [-0.39, 0.29) is 47.3 Å². The Morgan fingerprint density at radius 3 is 2.33 bits per heavy atom. The van der Waals surface area contributed by atoms with Crippen molar-refractivity contribution in [3.63, 3.8) is 0 Å². The van der Waals surface area contributed by atoms with Gasteiger partial charge in [-0.25, -0.2) is 4.79 Å². The second-order valence-corrected chi connectivity index (χ2v) is 14.6. The molecule has 0 aliphatic heterocycles. The Morgan fingerprint density at radius 2 is 1.73 bits per heavy atom. The van der Waals surface area contributed by atoms with Crippen molar-refractivity contribution in [3.05, 3.63) is 35.8 Å². The van der Waals surface area contributed by atoms with Gasteiger partial charge >= 0.3 is 6.09 Å².